The van der Waals surface area contributed by atoms with Crippen LogP contribution in [0.2, 0.25) is 0 Å². The van der Waals surface area contributed by atoms with Crippen molar-refractivity contribution in [2.24, 2.45) is 0 Å². The average Bonchev–Trinajstić information content (AvgIpc) is 2.65. The fourth-order valence-electron chi connectivity index (χ4n) is 3.74. The van der Waals surface area contributed by atoms with Crippen molar-refractivity contribution >= 4 is 19.6 Å². The molecule has 0 bridgehead atoms. The highest BCUT2D eigenvalue weighted by atomic mass is 31.1. The van der Waals surface area contributed by atoms with Gasteiger partial charge in [-0.25, -0.2) is 0 Å². The van der Waals surface area contributed by atoms with Gasteiger partial charge in [0, 0.05) is 29.5 Å². The number of piperidine rings is 1. The smallest absolute Gasteiger partial charge is 0.122 e. The molecule has 0 spiro atoms. The Balaban J connectivity index is 1.95. The van der Waals surface area contributed by atoms with Crippen molar-refractivity contribution in [3.8, 4) is 5.75 Å². The van der Waals surface area contributed by atoms with Crippen LogP contribution in [-0.4, -0.2) is 18.2 Å². The molecule has 2 nitrogen and oxygen atoms in total. The molecule has 1 heterocycles. The third-order valence-electron chi connectivity index (χ3n) is 5.55. The standard InChI is InChI=1S/C22H30NOP/c1-4-22(3,18-12-10-11-17(2)21(18)24)25-20-14-7-6-13-19(20)23-15-8-5-9-16-23/h6-7,10-14,24-25H,4-5,8-9,15-16H2,1-3H3. The minimum absolute atomic E-state index is 0.0397. The number of phenols is 1. The molecule has 0 saturated carbocycles. The predicted octanol–water partition coefficient (Wildman–Crippen LogP) is 5.32. The highest BCUT2D eigenvalue weighted by Crippen LogP contribution is 2.48. The maximum Gasteiger partial charge on any atom is 0.122 e. The molecule has 0 aromatic heterocycles. The molecule has 1 aliphatic heterocycles. The normalized spacial score (nSPS) is 17.8. The van der Waals surface area contributed by atoms with Gasteiger partial charge >= 0.3 is 0 Å². The summed E-state index contributed by atoms with van der Waals surface area (Å²) >= 11 is 0. The molecule has 1 aliphatic rings. The Labute approximate surface area is 154 Å². The van der Waals surface area contributed by atoms with Crippen LogP contribution in [0.3, 0.4) is 0 Å². The number of para-hydroxylation sites is 2. The first-order valence-electron chi connectivity index (χ1n) is 9.46. The number of benzene rings is 2. The van der Waals surface area contributed by atoms with E-state index in [1.165, 1.54) is 43.3 Å². The Hall–Kier alpha value is -1.53. The minimum atomic E-state index is -0.0397. The molecule has 2 aromatic carbocycles. The average molecular weight is 355 g/mol. The molecule has 0 radical (unpaired) electrons. The number of rotatable bonds is 5. The summed E-state index contributed by atoms with van der Waals surface area (Å²) in [5, 5.41) is 12.0. The molecule has 2 aromatic rings. The van der Waals surface area contributed by atoms with Crippen molar-refractivity contribution in [2.45, 2.75) is 51.6 Å². The number of phenolic OH excluding ortho intramolecular Hbond substituents is 1. The van der Waals surface area contributed by atoms with Gasteiger partial charge in [0.05, 0.1) is 0 Å². The second-order valence-corrected chi connectivity index (χ2v) is 9.24. The number of hydrogen-bond donors (Lipinski definition) is 1. The number of aromatic hydroxyl groups is 1. The van der Waals surface area contributed by atoms with Crippen LogP contribution in [0.25, 0.3) is 0 Å². The van der Waals surface area contributed by atoms with Gasteiger partial charge in [0.1, 0.15) is 5.75 Å². The van der Waals surface area contributed by atoms with Crippen molar-refractivity contribution in [2.75, 3.05) is 18.0 Å². The Bertz CT molecular complexity index is 724. The largest absolute Gasteiger partial charge is 0.507 e. The summed E-state index contributed by atoms with van der Waals surface area (Å²) in [6, 6.07) is 15.0. The maximum atomic E-state index is 10.7. The van der Waals surface area contributed by atoms with Gasteiger partial charge in [0.2, 0.25) is 0 Å². The van der Waals surface area contributed by atoms with Gasteiger partial charge < -0.3 is 10.0 Å². The van der Waals surface area contributed by atoms with Crippen molar-refractivity contribution in [3.05, 3.63) is 53.6 Å². The quantitative estimate of drug-likeness (QED) is 0.734. The van der Waals surface area contributed by atoms with Gasteiger partial charge in [-0.1, -0.05) is 58.8 Å². The van der Waals surface area contributed by atoms with E-state index in [1.807, 2.05) is 13.0 Å². The fraction of sp³-hybridized carbons (Fsp3) is 0.455. The van der Waals surface area contributed by atoms with E-state index in [1.54, 1.807) is 0 Å². The molecule has 3 rings (SSSR count). The first-order valence-corrected chi connectivity index (χ1v) is 10.5. The predicted molar refractivity (Wildman–Crippen MR) is 111 cm³/mol. The Kier molecular flexibility index (Phi) is 5.69. The van der Waals surface area contributed by atoms with Gasteiger partial charge in [-0.15, -0.1) is 0 Å². The van der Waals surface area contributed by atoms with Crippen molar-refractivity contribution < 1.29 is 5.11 Å². The summed E-state index contributed by atoms with van der Waals surface area (Å²) in [4.78, 5) is 2.55. The zero-order valence-corrected chi connectivity index (χ0v) is 16.7. The van der Waals surface area contributed by atoms with E-state index in [4.69, 9.17) is 0 Å². The molecule has 1 N–H and O–H groups in total. The van der Waals surface area contributed by atoms with E-state index < -0.39 is 0 Å². The fourth-order valence-corrected chi connectivity index (χ4v) is 5.39. The number of aryl methyl sites for hydroxylation is 1. The van der Waals surface area contributed by atoms with Crippen molar-refractivity contribution in [3.63, 3.8) is 0 Å². The van der Waals surface area contributed by atoms with Crippen LogP contribution < -0.4 is 10.2 Å². The van der Waals surface area contributed by atoms with Crippen LogP contribution in [0.1, 0.15) is 50.7 Å². The monoisotopic (exact) mass is 355 g/mol. The SMILES string of the molecule is CCC(C)(Pc1ccccc1N1CCCCC1)c1cccc(C)c1O. The lowest BCUT2D eigenvalue weighted by molar-refractivity contribution is 0.452. The second-order valence-electron chi connectivity index (χ2n) is 7.35. The summed E-state index contributed by atoms with van der Waals surface area (Å²) in [5.41, 5.74) is 3.44. The number of nitrogens with zero attached hydrogens (tertiary/aromatic N) is 1. The van der Waals surface area contributed by atoms with Gasteiger partial charge in [0.25, 0.3) is 0 Å². The number of hydrogen-bond acceptors (Lipinski definition) is 2. The summed E-state index contributed by atoms with van der Waals surface area (Å²) in [6.45, 7) is 8.85. The van der Waals surface area contributed by atoms with E-state index in [-0.39, 0.29) is 5.16 Å². The van der Waals surface area contributed by atoms with E-state index >= 15 is 0 Å². The van der Waals surface area contributed by atoms with Gasteiger partial charge in [-0.05, 0) is 49.5 Å². The topological polar surface area (TPSA) is 23.5 Å². The van der Waals surface area contributed by atoms with E-state index in [2.05, 4.69) is 55.1 Å². The van der Waals surface area contributed by atoms with Crippen LogP contribution in [-0.2, 0) is 5.16 Å². The molecule has 1 saturated heterocycles. The van der Waals surface area contributed by atoms with E-state index in [0.717, 1.165) is 17.5 Å². The highest BCUT2D eigenvalue weighted by molar-refractivity contribution is 7.49. The van der Waals surface area contributed by atoms with Crippen LogP contribution >= 0.6 is 8.58 Å². The first-order chi connectivity index (χ1) is 12.0. The van der Waals surface area contributed by atoms with E-state index in [9.17, 15) is 5.11 Å². The molecular weight excluding hydrogens is 325 g/mol. The minimum Gasteiger partial charge on any atom is -0.507 e. The van der Waals surface area contributed by atoms with Crippen LogP contribution in [0.15, 0.2) is 42.5 Å². The molecule has 2 atom stereocenters. The Morgan fingerprint density at radius 2 is 1.76 bits per heavy atom. The molecule has 1 fully saturated rings. The zero-order valence-electron chi connectivity index (χ0n) is 15.7. The molecule has 0 aliphatic carbocycles. The van der Waals surface area contributed by atoms with Gasteiger partial charge in [-0.3, -0.25) is 0 Å². The maximum absolute atomic E-state index is 10.7. The van der Waals surface area contributed by atoms with Crippen LogP contribution in [0, 0.1) is 6.92 Å². The van der Waals surface area contributed by atoms with Crippen LogP contribution in [0.5, 0.6) is 5.75 Å². The zero-order chi connectivity index (χ0) is 17.9. The Morgan fingerprint density at radius 1 is 1.04 bits per heavy atom. The lowest BCUT2D eigenvalue weighted by Crippen LogP contribution is -2.33. The summed E-state index contributed by atoms with van der Waals surface area (Å²) < 4.78 is 0. The van der Waals surface area contributed by atoms with Gasteiger partial charge in [0.15, 0.2) is 0 Å². The number of anilines is 1. The van der Waals surface area contributed by atoms with Crippen molar-refractivity contribution in [1.29, 1.82) is 0 Å². The molecular formula is C22H30NOP. The van der Waals surface area contributed by atoms with Gasteiger partial charge in [-0.2, -0.15) is 0 Å². The van der Waals surface area contributed by atoms with Crippen LogP contribution in [0.4, 0.5) is 5.69 Å². The lowest BCUT2D eigenvalue weighted by Gasteiger charge is -2.35. The third kappa shape index (κ3) is 3.85. The summed E-state index contributed by atoms with van der Waals surface area (Å²) in [6.07, 6.45) is 4.95. The first kappa shape index (κ1) is 18.3. The summed E-state index contributed by atoms with van der Waals surface area (Å²) in [7, 11) is 0.640. The molecule has 134 valence electrons. The third-order valence-corrected chi connectivity index (χ3v) is 7.42. The lowest BCUT2D eigenvalue weighted by atomic mass is 9.94. The van der Waals surface area contributed by atoms with E-state index in [0.29, 0.717) is 14.3 Å². The molecule has 25 heavy (non-hydrogen) atoms. The molecule has 0 amide bonds. The molecule has 2 unspecified atom stereocenters. The van der Waals surface area contributed by atoms with Crippen molar-refractivity contribution in [1.82, 2.24) is 0 Å². The second kappa shape index (κ2) is 7.79. The highest BCUT2D eigenvalue weighted by Gasteiger charge is 2.30. The Morgan fingerprint density at radius 3 is 2.48 bits per heavy atom. The molecule has 3 heteroatoms. The summed E-state index contributed by atoms with van der Waals surface area (Å²) in [5.74, 6) is 0.467.